The van der Waals surface area contributed by atoms with Gasteiger partial charge in [0, 0.05) is 12.1 Å². The number of hydrogen-bond acceptors (Lipinski definition) is 6. The maximum Gasteiger partial charge on any atom is 0.338 e. The molecule has 2 amide bonds. The molecule has 0 radical (unpaired) electrons. The van der Waals surface area contributed by atoms with Gasteiger partial charge in [0.15, 0.2) is 5.17 Å². The summed E-state index contributed by atoms with van der Waals surface area (Å²) in [6.07, 6.45) is -0.00726. The number of nitrogens with zero attached hydrogens (tertiary/aromatic N) is 2. The van der Waals surface area contributed by atoms with E-state index in [1.54, 1.807) is 36.1 Å². The molecule has 3 aromatic rings. The number of thioether (sulfide) groups is 1. The van der Waals surface area contributed by atoms with E-state index in [9.17, 15) is 18.8 Å². The van der Waals surface area contributed by atoms with Crippen LogP contribution in [0.2, 0.25) is 0 Å². The van der Waals surface area contributed by atoms with E-state index in [1.165, 1.54) is 36.0 Å². The van der Waals surface area contributed by atoms with Crippen molar-refractivity contribution in [2.75, 3.05) is 11.9 Å². The van der Waals surface area contributed by atoms with Crippen molar-refractivity contribution in [3.63, 3.8) is 0 Å². The minimum atomic E-state index is -0.714. The third kappa shape index (κ3) is 6.37. The van der Waals surface area contributed by atoms with Gasteiger partial charge in [-0.15, -0.1) is 0 Å². The van der Waals surface area contributed by atoms with Crippen LogP contribution in [0.1, 0.15) is 29.3 Å². The Morgan fingerprint density at radius 3 is 2.42 bits per heavy atom. The zero-order chi connectivity index (χ0) is 25.5. The first-order valence-electron chi connectivity index (χ1n) is 11.4. The summed E-state index contributed by atoms with van der Waals surface area (Å²) in [4.78, 5) is 44.1. The van der Waals surface area contributed by atoms with E-state index in [-0.39, 0.29) is 24.8 Å². The number of benzene rings is 3. The fourth-order valence-electron chi connectivity index (χ4n) is 3.52. The fraction of sp³-hybridized carbons (Fsp3) is 0.185. The van der Waals surface area contributed by atoms with E-state index < -0.39 is 17.0 Å². The summed E-state index contributed by atoms with van der Waals surface area (Å²) in [7, 11) is 0. The summed E-state index contributed by atoms with van der Waals surface area (Å²) < 4.78 is 18.3. The molecule has 7 nitrogen and oxygen atoms in total. The first-order valence-corrected chi connectivity index (χ1v) is 12.2. The lowest BCUT2D eigenvalue weighted by atomic mass is 10.2. The highest BCUT2D eigenvalue weighted by molar-refractivity contribution is 8.15. The monoisotopic (exact) mass is 505 g/mol. The fourth-order valence-corrected chi connectivity index (χ4v) is 4.61. The maximum absolute atomic E-state index is 13.4. The van der Waals surface area contributed by atoms with Gasteiger partial charge in [-0.25, -0.2) is 14.2 Å². The third-order valence-corrected chi connectivity index (χ3v) is 6.52. The molecule has 1 saturated heterocycles. The molecule has 3 aromatic carbocycles. The first kappa shape index (κ1) is 25.1. The molecule has 1 aliphatic rings. The van der Waals surface area contributed by atoms with Gasteiger partial charge in [0.2, 0.25) is 11.8 Å². The van der Waals surface area contributed by atoms with Gasteiger partial charge in [-0.3, -0.25) is 14.5 Å². The van der Waals surface area contributed by atoms with Gasteiger partial charge in [-0.1, -0.05) is 42.1 Å². The topological polar surface area (TPSA) is 88.1 Å². The second-order valence-corrected chi connectivity index (χ2v) is 9.10. The van der Waals surface area contributed by atoms with Crippen LogP contribution in [0, 0.1) is 5.82 Å². The standard InChI is InChI=1S/C27H24FN3O4S/c1-2-35-26(34)19-8-12-21(13-9-19)29-25(33)23-16-24(32)31(17-18-6-4-3-5-7-18)27(36-23)30-22-14-10-20(28)11-15-22/h3-15,23H,2,16-17H2,1H3,(H,29,33). The number of carbonyl (C=O) groups is 3. The summed E-state index contributed by atoms with van der Waals surface area (Å²) in [5.41, 5.74) is 2.26. The SMILES string of the molecule is CCOC(=O)c1ccc(NC(=O)C2CC(=O)N(Cc3ccccc3)C(=Nc3ccc(F)cc3)S2)cc1. The van der Waals surface area contributed by atoms with Crippen LogP contribution in [-0.2, 0) is 20.9 Å². The smallest absolute Gasteiger partial charge is 0.338 e. The molecule has 1 unspecified atom stereocenters. The zero-order valence-corrected chi connectivity index (χ0v) is 20.3. The van der Waals surface area contributed by atoms with Crippen LogP contribution >= 0.6 is 11.8 Å². The van der Waals surface area contributed by atoms with Crippen molar-refractivity contribution in [1.82, 2.24) is 4.90 Å². The highest BCUT2D eigenvalue weighted by atomic mass is 32.2. The van der Waals surface area contributed by atoms with E-state index in [0.29, 0.717) is 28.7 Å². The van der Waals surface area contributed by atoms with Crippen LogP contribution in [-0.4, -0.2) is 39.7 Å². The largest absolute Gasteiger partial charge is 0.462 e. The van der Waals surface area contributed by atoms with Gasteiger partial charge in [-0.2, -0.15) is 0 Å². The predicted molar refractivity (Wildman–Crippen MR) is 138 cm³/mol. The van der Waals surface area contributed by atoms with Crippen LogP contribution in [0.5, 0.6) is 0 Å². The van der Waals surface area contributed by atoms with Crippen LogP contribution in [0.4, 0.5) is 15.8 Å². The first-order chi connectivity index (χ1) is 17.4. The number of carbonyl (C=O) groups excluding carboxylic acids is 3. The van der Waals surface area contributed by atoms with Crippen LogP contribution in [0.15, 0.2) is 83.9 Å². The lowest BCUT2D eigenvalue weighted by Gasteiger charge is -2.32. The van der Waals surface area contributed by atoms with Crippen LogP contribution < -0.4 is 5.32 Å². The van der Waals surface area contributed by atoms with Crippen molar-refractivity contribution in [1.29, 1.82) is 0 Å². The van der Waals surface area contributed by atoms with Gasteiger partial charge in [-0.05, 0) is 61.0 Å². The number of halogens is 1. The Morgan fingerprint density at radius 1 is 1.06 bits per heavy atom. The number of hydrogen-bond donors (Lipinski definition) is 1. The van der Waals surface area contributed by atoms with Gasteiger partial charge < -0.3 is 10.1 Å². The molecule has 184 valence electrons. The third-order valence-electron chi connectivity index (χ3n) is 5.33. The normalized spacial score (nSPS) is 16.6. The minimum Gasteiger partial charge on any atom is -0.462 e. The van der Waals surface area contributed by atoms with Crippen molar-refractivity contribution in [3.05, 3.63) is 95.8 Å². The van der Waals surface area contributed by atoms with Crippen molar-refractivity contribution in [2.45, 2.75) is 25.1 Å². The quantitative estimate of drug-likeness (QED) is 0.448. The van der Waals surface area contributed by atoms with Gasteiger partial charge >= 0.3 is 5.97 Å². The average Bonchev–Trinajstić information content (AvgIpc) is 2.88. The Labute approximate surface area is 212 Å². The second kappa shape index (κ2) is 11.6. The summed E-state index contributed by atoms with van der Waals surface area (Å²) >= 11 is 1.18. The van der Waals surface area contributed by atoms with Crippen LogP contribution in [0.25, 0.3) is 0 Å². The van der Waals surface area contributed by atoms with Gasteiger partial charge in [0.1, 0.15) is 11.1 Å². The molecule has 1 aliphatic heterocycles. The number of anilines is 1. The Balaban J connectivity index is 1.53. The van der Waals surface area contributed by atoms with E-state index in [2.05, 4.69) is 10.3 Å². The zero-order valence-electron chi connectivity index (χ0n) is 19.5. The number of amidine groups is 1. The van der Waals surface area contributed by atoms with Crippen LogP contribution in [0.3, 0.4) is 0 Å². The lowest BCUT2D eigenvalue weighted by Crippen LogP contribution is -2.44. The minimum absolute atomic E-state index is 0.00726. The maximum atomic E-state index is 13.4. The van der Waals surface area contributed by atoms with Crippen molar-refractivity contribution in [2.24, 2.45) is 4.99 Å². The van der Waals surface area contributed by atoms with E-state index in [1.807, 2.05) is 30.3 Å². The molecule has 0 aliphatic carbocycles. The summed E-state index contributed by atoms with van der Waals surface area (Å²) in [5.74, 6) is -1.43. The molecular formula is C27H24FN3O4S. The molecular weight excluding hydrogens is 481 g/mol. The van der Waals surface area contributed by atoms with E-state index in [0.717, 1.165) is 5.56 Å². The van der Waals surface area contributed by atoms with Crippen molar-refractivity contribution in [3.8, 4) is 0 Å². The number of ether oxygens (including phenoxy) is 1. The number of nitrogens with one attached hydrogen (secondary N) is 1. The molecule has 9 heteroatoms. The Bertz CT molecular complexity index is 1260. The molecule has 0 saturated carbocycles. The Morgan fingerprint density at radius 2 is 1.75 bits per heavy atom. The predicted octanol–water partition coefficient (Wildman–Crippen LogP) is 5.16. The van der Waals surface area contributed by atoms with Gasteiger partial charge in [0.25, 0.3) is 0 Å². The molecule has 0 aromatic heterocycles. The molecule has 0 bridgehead atoms. The number of esters is 1. The molecule has 4 rings (SSSR count). The van der Waals surface area contributed by atoms with Crippen molar-refractivity contribution < 1.29 is 23.5 Å². The molecule has 0 spiro atoms. The highest BCUT2D eigenvalue weighted by Crippen LogP contribution is 2.31. The molecule has 1 fully saturated rings. The van der Waals surface area contributed by atoms with Gasteiger partial charge in [0.05, 0.1) is 24.4 Å². The molecule has 1 atom stereocenters. The number of amides is 2. The summed E-state index contributed by atoms with van der Waals surface area (Å²) in [5, 5.41) is 2.45. The highest BCUT2D eigenvalue weighted by Gasteiger charge is 2.36. The Kier molecular flexibility index (Phi) is 8.12. The summed E-state index contributed by atoms with van der Waals surface area (Å²) in [6.45, 7) is 2.30. The molecule has 1 N–H and O–H groups in total. The van der Waals surface area contributed by atoms with E-state index in [4.69, 9.17) is 4.74 Å². The lowest BCUT2D eigenvalue weighted by molar-refractivity contribution is -0.129. The average molecular weight is 506 g/mol. The molecule has 36 heavy (non-hydrogen) atoms. The van der Waals surface area contributed by atoms with Crippen molar-refractivity contribution >= 4 is 46.1 Å². The Hall–Kier alpha value is -3.98. The second-order valence-electron chi connectivity index (χ2n) is 7.93. The molecule has 1 heterocycles. The number of rotatable bonds is 7. The summed E-state index contributed by atoms with van der Waals surface area (Å²) in [6, 6.07) is 21.4. The number of aliphatic imine (C=N–C) groups is 1. The van der Waals surface area contributed by atoms with E-state index >= 15 is 0 Å².